The lowest BCUT2D eigenvalue weighted by Crippen LogP contribution is -2.28. The molecular formula is C19H18N2O. The highest BCUT2D eigenvalue weighted by Gasteiger charge is 2.21. The van der Waals surface area contributed by atoms with Gasteiger partial charge in [-0.05, 0) is 17.2 Å². The summed E-state index contributed by atoms with van der Waals surface area (Å²) < 4.78 is 0. The van der Waals surface area contributed by atoms with Crippen LogP contribution in [0.2, 0.25) is 0 Å². The highest BCUT2D eigenvalue weighted by molar-refractivity contribution is 6.12. The van der Waals surface area contributed by atoms with E-state index < -0.39 is 0 Å². The van der Waals surface area contributed by atoms with Crippen LogP contribution in [0.3, 0.4) is 0 Å². The van der Waals surface area contributed by atoms with Crippen LogP contribution in [0, 0.1) is 12.0 Å². The number of amides is 1. The van der Waals surface area contributed by atoms with E-state index in [2.05, 4.69) is 48.3 Å². The Balaban J connectivity index is 2.01. The molecule has 1 aliphatic rings. The van der Waals surface area contributed by atoms with E-state index in [0.29, 0.717) is 12.8 Å². The van der Waals surface area contributed by atoms with Gasteiger partial charge in [0.25, 0.3) is 5.91 Å². The van der Waals surface area contributed by atoms with Gasteiger partial charge in [-0.25, -0.2) is 0 Å². The topological polar surface area (TPSA) is 32.7 Å². The molecule has 0 aliphatic carbocycles. The van der Waals surface area contributed by atoms with Gasteiger partial charge in [0.05, 0.1) is 5.71 Å². The summed E-state index contributed by atoms with van der Waals surface area (Å²) in [5, 5.41) is 8.15. The van der Waals surface area contributed by atoms with Gasteiger partial charge in [-0.3, -0.25) is 4.79 Å². The second kappa shape index (κ2) is 6.44. The first-order chi connectivity index (χ1) is 10.8. The number of carbonyl (C=O) groups is 1. The molecular weight excluding hydrogens is 272 g/mol. The lowest BCUT2D eigenvalue weighted by Gasteiger charge is -2.19. The predicted octanol–water partition coefficient (Wildman–Crippen LogP) is 3.93. The van der Waals surface area contributed by atoms with Crippen LogP contribution in [-0.4, -0.2) is 16.6 Å². The molecule has 1 amide bonds. The fourth-order valence-electron chi connectivity index (χ4n) is 2.57. The zero-order valence-electron chi connectivity index (χ0n) is 12.7. The fraction of sp³-hybridized carbons (Fsp3) is 0.263. The Bertz CT molecular complexity index is 790. The van der Waals surface area contributed by atoms with Crippen LogP contribution in [0.1, 0.15) is 38.2 Å². The highest BCUT2D eigenvalue weighted by atomic mass is 16.2. The quantitative estimate of drug-likeness (QED) is 0.771. The minimum absolute atomic E-state index is 0.0208. The maximum Gasteiger partial charge on any atom is 0.255 e. The van der Waals surface area contributed by atoms with E-state index in [1.165, 1.54) is 15.8 Å². The Hall–Kier alpha value is -2.60. The summed E-state index contributed by atoms with van der Waals surface area (Å²) in [6, 6.07) is 17.3. The molecule has 3 heteroatoms. The molecule has 0 saturated carbocycles. The predicted molar refractivity (Wildman–Crippen MR) is 89.2 cm³/mol. The maximum absolute atomic E-state index is 11.9. The Morgan fingerprint density at radius 1 is 1.14 bits per heavy atom. The largest absolute Gasteiger partial charge is 0.272 e. The van der Waals surface area contributed by atoms with Crippen molar-refractivity contribution in [3.8, 4) is 12.0 Å². The SMILES string of the molecule is CCCC#CN1N=C(c2cccc3ccccc23)CCC1=O. The van der Waals surface area contributed by atoms with Crippen LogP contribution in [0.4, 0.5) is 0 Å². The molecule has 3 nitrogen and oxygen atoms in total. The first-order valence-electron chi connectivity index (χ1n) is 7.66. The number of nitrogens with zero attached hydrogens (tertiary/aromatic N) is 2. The molecule has 0 radical (unpaired) electrons. The van der Waals surface area contributed by atoms with E-state index >= 15 is 0 Å². The van der Waals surface area contributed by atoms with Gasteiger partial charge in [0.2, 0.25) is 0 Å². The standard InChI is InChI=1S/C19H18N2O/c1-2-3-6-14-21-19(22)13-12-18(20-21)17-11-7-9-15-8-4-5-10-16(15)17/h4-5,7-11H,2-3,12-13H2,1H3. The van der Waals surface area contributed by atoms with Gasteiger partial charge in [0, 0.05) is 30.9 Å². The van der Waals surface area contributed by atoms with Gasteiger partial charge in [-0.15, -0.1) is 0 Å². The minimum Gasteiger partial charge on any atom is -0.272 e. The average molecular weight is 290 g/mol. The van der Waals surface area contributed by atoms with Crippen molar-refractivity contribution in [3.05, 3.63) is 48.0 Å². The molecule has 22 heavy (non-hydrogen) atoms. The molecule has 0 saturated heterocycles. The average Bonchev–Trinajstić information content (AvgIpc) is 2.56. The van der Waals surface area contributed by atoms with Crippen molar-refractivity contribution in [1.29, 1.82) is 0 Å². The monoisotopic (exact) mass is 290 g/mol. The van der Waals surface area contributed by atoms with Crippen LogP contribution < -0.4 is 0 Å². The summed E-state index contributed by atoms with van der Waals surface area (Å²) in [5.74, 6) is 2.97. The lowest BCUT2D eigenvalue weighted by molar-refractivity contribution is -0.128. The van der Waals surface area contributed by atoms with E-state index in [0.717, 1.165) is 24.1 Å². The molecule has 0 N–H and O–H groups in total. The van der Waals surface area contributed by atoms with Crippen molar-refractivity contribution in [3.63, 3.8) is 0 Å². The van der Waals surface area contributed by atoms with E-state index in [1.807, 2.05) is 18.2 Å². The minimum atomic E-state index is -0.0208. The zero-order chi connectivity index (χ0) is 15.4. The second-order valence-corrected chi connectivity index (χ2v) is 5.32. The molecule has 0 spiro atoms. The van der Waals surface area contributed by atoms with Crippen molar-refractivity contribution >= 4 is 22.4 Å². The van der Waals surface area contributed by atoms with Gasteiger partial charge in [-0.2, -0.15) is 10.1 Å². The van der Waals surface area contributed by atoms with E-state index in [4.69, 9.17) is 0 Å². The van der Waals surface area contributed by atoms with Crippen LogP contribution in [0.5, 0.6) is 0 Å². The van der Waals surface area contributed by atoms with Crippen LogP contribution in [0.15, 0.2) is 47.6 Å². The molecule has 1 aliphatic heterocycles. The highest BCUT2D eigenvalue weighted by Crippen LogP contribution is 2.23. The Morgan fingerprint density at radius 2 is 1.95 bits per heavy atom. The summed E-state index contributed by atoms with van der Waals surface area (Å²) in [7, 11) is 0. The Labute approximate surface area is 130 Å². The van der Waals surface area contributed by atoms with Crippen molar-refractivity contribution < 1.29 is 4.79 Å². The number of rotatable bonds is 2. The number of unbranched alkanes of at least 4 members (excludes halogenated alkanes) is 1. The third kappa shape index (κ3) is 2.87. The molecule has 2 aromatic rings. The molecule has 0 atom stereocenters. The Kier molecular flexibility index (Phi) is 4.20. The zero-order valence-corrected chi connectivity index (χ0v) is 12.7. The van der Waals surface area contributed by atoms with Gasteiger partial charge in [0.15, 0.2) is 0 Å². The number of fused-ring (bicyclic) bond motifs is 1. The van der Waals surface area contributed by atoms with Gasteiger partial charge in [0.1, 0.15) is 0 Å². The van der Waals surface area contributed by atoms with Crippen LogP contribution in [-0.2, 0) is 4.79 Å². The molecule has 0 fully saturated rings. The third-order valence-electron chi connectivity index (χ3n) is 3.69. The van der Waals surface area contributed by atoms with E-state index in [-0.39, 0.29) is 5.91 Å². The second-order valence-electron chi connectivity index (χ2n) is 5.32. The lowest BCUT2D eigenvalue weighted by atomic mass is 9.97. The van der Waals surface area contributed by atoms with Crippen molar-refractivity contribution in [2.24, 2.45) is 5.10 Å². The van der Waals surface area contributed by atoms with E-state index in [1.54, 1.807) is 0 Å². The first-order valence-corrected chi connectivity index (χ1v) is 7.66. The van der Waals surface area contributed by atoms with E-state index in [9.17, 15) is 4.79 Å². The summed E-state index contributed by atoms with van der Waals surface area (Å²) in [6.07, 6.45) is 2.89. The fourth-order valence-corrected chi connectivity index (χ4v) is 2.57. The molecule has 2 aromatic carbocycles. The van der Waals surface area contributed by atoms with Crippen molar-refractivity contribution in [2.45, 2.75) is 32.6 Å². The van der Waals surface area contributed by atoms with Crippen molar-refractivity contribution in [2.75, 3.05) is 0 Å². The molecule has 0 aromatic heterocycles. The number of carbonyl (C=O) groups excluding carboxylic acids is 1. The molecule has 110 valence electrons. The van der Waals surface area contributed by atoms with Gasteiger partial charge < -0.3 is 0 Å². The smallest absolute Gasteiger partial charge is 0.255 e. The first kappa shape index (κ1) is 14.3. The number of hydrazone groups is 1. The summed E-state index contributed by atoms with van der Waals surface area (Å²) in [6.45, 7) is 2.07. The third-order valence-corrected chi connectivity index (χ3v) is 3.69. The molecule has 0 unspecified atom stereocenters. The Morgan fingerprint density at radius 3 is 2.82 bits per heavy atom. The van der Waals surface area contributed by atoms with Gasteiger partial charge in [-0.1, -0.05) is 55.3 Å². The van der Waals surface area contributed by atoms with Crippen LogP contribution >= 0.6 is 0 Å². The number of benzene rings is 2. The molecule has 3 rings (SSSR count). The number of hydrogen-bond acceptors (Lipinski definition) is 2. The maximum atomic E-state index is 11.9. The normalized spacial score (nSPS) is 14.5. The molecule has 1 heterocycles. The van der Waals surface area contributed by atoms with Crippen LogP contribution in [0.25, 0.3) is 10.8 Å². The summed E-state index contributed by atoms with van der Waals surface area (Å²) in [5.41, 5.74) is 2.02. The van der Waals surface area contributed by atoms with Crippen molar-refractivity contribution in [1.82, 2.24) is 5.01 Å². The number of hydrogen-bond donors (Lipinski definition) is 0. The summed E-state index contributed by atoms with van der Waals surface area (Å²) >= 11 is 0. The van der Waals surface area contributed by atoms with Gasteiger partial charge >= 0.3 is 0 Å². The summed E-state index contributed by atoms with van der Waals surface area (Å²) in [4.78, 5) is 11.9. The molecule has 0 bridgehead atoms.